The first kappa shape index (κ1) is 13.2. The van der Waals surface area contributed by atoms with Gasteiger partial charge < -0.3 is 4.55 Å². The van der Waals surface area contributed by atoms with Gasteiger partial charge in [-0.15, -0.1) is 0 Å². The summed E-state index contributed by atoms with van der Waals surface area (Å²) in [6, 6.07) is 16.7. The van der Waals surface area contributed by atoms with E-state index in [9.17, 15) is 4.21 Å². The van der Waals surface area contributed by atoms with Gasteiger partial charge in [-0.2, -0.15) is 0 Å². The van der Waals surface area contributed by atoms with Crippen molar-refractivity contribution in [3.05, 3.63) is 54.6 Å². The van der Waals surface area contributed by atoms with Crippen LogP contribution in [0.2, 0.25) is 0 Å². The third kappa shape index (κ3) is 2.85. The third-order valence-electron chi connectivity index (χ3n) is 2.16. The van der Waals surface area contributed by atoms with E-state index in [2.05, 4.69) is 0 Å². The minimum Gasteiger partial charge on any atom is -0.302 e. The fraction of sp³-hybridized carbons (Fsp3) is 0. The van der Waals surface area contributed by atoms with E-state index in [1.807, 2.05) is 42.5 Å². The molecular weight excluding hydrogens is 274 g/mol. The Morgan fingerprint density at radius 1 is 0.875 bits per heavy atom. The smallest absolute Gasteiger partial charge is 0.187 e. The molecule has 78 valence electrons. The first-order chi connectivity index (χ1) is 7.29. The van der Waals surface area contributed by atoms with Crippen LogP contribution >= 0.6 is 0 Å². The maximum atomic E-state index is 11.1. The van der Waals surface area contributed by atoms with Crippen molar-refractivity contribution in [2.24, 2.45) is 0 Å². The molecular formula is C12H10O2SZn. The Labute approximate surface area is 110 Å². The van der Waals surface area contributed by atoms with Gasteiger partial charge in [-0.05, 0) is 11.6 Å². The molecule has 0 spiro atoms. The van der Waals surface area contributed by atoms with Crippen LogP contribution in [0.3, 0.4) is 0 Å². The number of rotatable bonds is 2. The molecule has 0 saturated carbocycles. The molecule has 0 saturated heterocycles. The van der Waals surface area contributed by atoms with Crippen LogP contribution in [0.4, 0.5) is 0 Å². The SMILES string of the molecule is O=S(O)c1ccccc1-c1ccccc1.[Zn]. The minimum absolute atomic E-state index is 0. The summed E-state index contributed by atoms with van der Waals surface area (Å²) >= 11 is -1.94. The predicted molar refractivity (Wildman–Crippen MR) is 60.9 cm³/mol. The average Bonchev–Trinajstić information content (AvgIpc) is 2.30. The zero-order chi connectivity index (χ0) is 10.7. The Morgan fingerprint density at radius 2 is 1.44 bits per heavy atom. The molecule has 2 nitrogen and oxygen atoms in total. The zero-order valence-corrected chi connectivity index (χ0v) is 12.5. The molecule has 4 heteroatoms. The fourth-order valence-electron chi connectivity index (χ4n) is 1.48. The molecule has 0 aliphatic heterocycles. The monoisotopic (exact) mass is 282 g/mol. The van der Waals surface area contributed by atoms with Gasteiger partial charge in [0.25, 0.3) is 0 Å². The van der Waals surface area contributed by atoms with E-state index < -0.39 is 11.1 Å². The maximum Gasteiger partial charge on any atom is 0.187 e. The van der Waals surface area contributed by atoms with Crippen LogP contribution in [0.15, 0.2) is 59.5 Å². The van der Waals surface area contributed by atoms with Crippen molar-refractivity contribution in [3.8, 4) is 11.1 Å². The van der Waals surface area contributed by atoms with Crippen molar-refractivity contribution in [1.82, 2.24) is 0 Å². The summed E-state index contributed by atoms with van der Waals surface area (Å²) in [6.07, 6.45) is 0. The van der Waals surface area contributed by atoms with Gasteiger partial charge in [0.15, 0.2) is 11.1 Å². The van der Waals surface area contributed by atoms with Crippen molar-refractivity contribution < 1.29 is 28.2 Å². The van der Waals surface area contributed by atoms with E-state index >= 15 is 0 Å². The second-order valence-electron chi connectivity index (χ2n) is 3.11. The second-order valence-corrected chi connectivity index (χ2v) is 4.05. The molecule has 0 fully saturated rings. The molecule has 1 atom stereocenters. The summed E-state index contributed by atoms with van der Waals surface area (Å²) in [5.41, 5.74) is 1.76. The molecule has 0 aromatic heterocycles. The Kier molecular flexibility index (Phi) is 5.00. The molecule has 0 aliphatic carbocycles. The molecule has 0 radical (unpaired) electrons. The fourth-order valence-corrected chi connectivity index (χ4v) is 2.04. The van der Waals surface area contributed by atoms with Gasteiger partial charge in [-0.1, -0.05) is 48.5 Å². The maximum absolute atomic E-state index is 11.1. The minimum atomic E-state index is -1.94. The van der Waals surface area contributed by atoms with Gasteiger partial charge in [0.05, 0.1) is 4.90 Å². The molecule has 2 rings (SSSR count). The predicted octanol–water partition coefficient (Wildman–Crippen LogP) is 2.93. The van der Waals surface area contributed by atoms with Crippen LogP contribution in [-0.4, -0.2) is 8.76 Å². The molecule has 1 unspecified atom stereocenters. The van der Waals surface area contributed by atoms with E-state index in [-0.39, 0.29) is 19.5 Å². The van der Waals surface area contributed by atoms with Gasteiger partial charge >= 0.3 is 0 Å². The molecule has 0 heterocycles. The van der Waals surface area contributed by atoms with Crippen molar-refractivity contribution in [2.75, 3.05) is 0 Å². The second kappa shape index (κ2) is 6.04. The zero-order valence-electron chi connectivity index (χ0n) is 8.67. The summed E-state index contributed by atoms with van der Waals surface area (Å²) < 4.78 is 20.2. The van der Waals surface area contributed by atoms with Crippen LogP contribution in [0.25, 0.3) is 11.1 Å². The van der Waals surface area contributed by atoms with E-state index in [1.54, 1.807) is 12.1 Å². The van der Waals surface area contributed by atoms with E-state index in [0.717, 1.165) is 11.1 Å². The summed E-state index contributed by atoms with van der Waals surface area (Å²) in [5, 5.41) is 0. The van der Waals surface area contributed by atoms with Crippen LogP contribution in [0.1, 0.15) is 0 Å². The Balaban J connectivity index is 0.00000128. The molecule has 2 aromatic carbocycles. The third-order valence-corrected chi connectivity index (χ3v) is 2.89. The topological polar surface area (TPSA) is 37.3 Å². The first-order valence-electron chi connectivity index (χ1n) is 4.54. The summed E-state index contributed by atoms with van der Waals surface area (Å²) in [5.74, 6) is 0. The first-order valence-corrected chi connectivity index (χ1v) is 5.65. The largest absolute Gasteiger partial charge is 0.302 e. The van der Waals surface area contributed by atoms with Gasteiger partial charge in [-0.3, -0.25) is 0 Å². The van der Waals surface area contributed by atoms with Crippen molar-refractivity contribution in [3.63, 3.8) is 0 Å². The van der Waals surface area contributed by atoms with E-state index in [0.29, 0.717) is 4.90 Å². The van der Waals surface area contributed by atoms with Gasteiger partial charge in [0.2, 0.25) is 0 Å². The molecule has 16 heavy (non-hydrogen) atoms. The van der Waals surface area contributed by atoms with Gasteiger partial charge in [0, 0.05) is 25.0 Å². The van der Waals surface area contributed by atoms with Gasteiger partial charge in [-0.25, -0.2) is 4.21 Å². The van der Waals surface area contributed by atoms with E-state index in [4.69, 9.17) is 4.55 Å². The number of hydrogen-bond acceptors (Lipinski definition) is 1. The normalized spacial score (nSPS) is 11.6. The summed E-state index contributed by atoms with van der Waals surface area (Å²) in [4.78, 5) is 0.448. The Morgan fingerprint density at radius 3 is 2.06 bits per heavy atom. The van der Waals surface area contributed by atoms with E-state index in [1.165, 1.54) is 0 Å². The molecule has 2 aromatic rings. The number of hydrogen-bond donors (Lipinski definition) is 1. The summed E-state index contributed by atoms with van der Waals surface area (Å²) in [7, 11) is 0. The van der Waals surface area contributed by atoms with Crippen LogP contribution in [0, 0.1) is 0 Å². The molecule has 0 amide bonds. The van der Waals surface area contributed by atoms with Crippen molar-refractivity contribution >= 4 is 11.1 Å². The van der Waals surface area contributed by atoms with Gasteiger partial charge in [0.1, 0.15) is 0 Å². The standard InChI is InChI=1S/C12H10O2S.Zn/c13-15(14)12-9-5-4-8-11(12)10-6-2-1-3-7-10;/h1-9H,(H,13,14);. The van der Waals surface area contributed by atoms with Crippen molar-refractivity contribution in [1.29, 1.82) is 0 Å². The average molecular weight is 284 g/mol. The van der Waals surface area contributed by atoms with Crippen LogP contribution < -0.4 is 0 Å². The summed E-state index contributed by atoms with van der Waals surface area (Å²) in [6.45, 7) is 0. The quantitative estimate of drug-likeness (QED) is 0.680. The Bertz CT molecular complexity index is 485. The van der Waals surface area contributed by atoms with Crippen LogP contribution in [-0.2, 0) is 30.6 Å². The van der Waals surface area contributed by atoms with Crippen LogP contribution in [0.5, 0.6) is 0 Å². The van der Waals surface area contributed by atoms with Crippen molar-refractivity contribution in [2.45, 2.75) is 4.90 Å². The Hall–Kier alpha value is -0.827. The molecule has 1 N–H and O–H groups in total. The number of benzene rings is 2. The molecule has 0 bridgehead atoms. The molecule has 0 aliphatic rings.